The summed E-state index contributed by atoms with van der Waals surface area (Å²) >= 11 is 3.65. The van der Waals surface area contributed by atoms with Crippen molar-refractivity contribution in [3.8, 4) is 11.5 Å². The van der Waals surface area contributed by atoms with Crippen molar-refractivity contribution in [2.45, 2.75) is 39.5 Å². The van der Waals surface area contributed by atoms with Crippen LogP contribution in [0, 0.1) is 5.92 Å². The van der Waals surface area contributed by atoms with E-state index in [1.807, 2.05) is 6.07 Å². The lowest BCUT2D eigenvalue weighted by Crippen LogP contribution is -2.18. The third-order valence-corrected chi connectivity index (χ3v) is 4.60. The fourth-order valence-corrected chi connectivity index (χ4v) is 3.01. The molecule has 0 radical (unpaired) electrons. The Kier molecular flexibility index (Phi) is 6.84. The lowest BCUT2D eigenvalue weighted by Gasteiger charge is -2.20. The van der Waals surface area contributed by atoms with Crippen molar-refractivity contribution in [3.63, 3.8) is 0 Å². The second-order valence-corrected chi connectivity index (χ2v) is 6.62. The fourth-order valence-electron chi connectivity index (χ4n) is 2.49. The summed E-state index contributed by atoms with van der Waals surface area (Å²) in [6.45, 7) is 8.07. The van der Waals surface area contributed by atoms with E-state index >= 15 is 0 Å². The van der Waals surface area contributed by atoms with Gasteiger partial charge in [0.1, 0.15) is 13.2 Å². The Hall–Kier alpha value is -0.740. The zero-order valence-corrected chi connectivity index (χ0v) is 14.7. The molecule has 118 valence electrons. The van der Waals surface area contributed by atoms with Crippen LogP contribution in [0.2, 0.25) is 0 Å². The average molecular weight is 356 g/mol. The number of fused-ring (bicyclic) bond motifs is 1. The molecule has 1 aliphatic rings. The highest BCUT2D eigenvalue weighted by Crippen LogP contribution is 2.36. The molecule has 0 saturated carbocycles. The van der Waals surface area contributed by atoms with E-state index in [4.69, 9.17) is 9.47 Å². The molecule has 3 nitrogen and oxygen atoms in total. The first-order chi connectivity index (χ1) is 10.2. The smallest absolute Gasteiger partial charge is 0.162 e. The number of hydrogen-bond acceptors (Lipinski definition) is 3. The molecule has 21 heavy (non-hydrogen) atoms. The highest BCUT2D eigenvalue weighted by atomic mass is 79.9. The fraction of sp³-hybridized carbons (Fsp3) is 0.647. The van der Waals surface area contributed by atoms with Crippen LogP contribution in [0.4, 0.5) is 0 Å². The van der Waals surface area contributed by atoms with Gasteiger partial charge in [-0.1, -0.05) is 29.8 Å². The van der Waals surface area contributed by atoms with Crippen LogP contribution in [0.5, 0.6) is 11.5 Å². The van der Waals surface area contributed by atoms with Crippen LogP contribution in [0.15, 0.2) is 16.6 Å². The summed E-state index contributed by atoms with van der Waals surface area (Å²) in [7, 11) is 0. The second-order valence-electron chi connectivity index (χ2n) is 5.77. The van der Waals surface area contributed by atoms with Crippen LogP contribution in [0.3, 0.4) is 0 Å². The first kappa shape index (κ1) is 16.6. The largest absolute Gasteiger partial charge is 0.486 e. The van der Waals surface area contributed by atoms with Gasteiger partial charge in [-0.3, -0.25) is 0 Å². The van der Waals surface area contributed by atoms with Gasteiger partial charge in [-0.05, 0) is 62.4 Å². The molecule has 0 amide bonds. The molecule has 4 heteroatoms. The Labute approximate surface area is 136 Å². The highest BCUT2D eigenvalue weighted by molar-refractivity contribution is 9.10. The summed E-state index contributed by atoms with van der Waals surface area (Å²) < 4.78 is 12.4. The van der Waals surface area contributed by atoms with Crippen LogP contribution in [-0.2, 0) is 6.42 Å². The lowest BCUT2D eigenvalue weighted by molar-refractivity contribution is 0.171. The molecule has 1 aliphatic heterocycles. The van der Waals surface area contributed by atoms with Gasteiger partial charge in [-0.2, -0.15) is 0 Å². The van der Waals surface area contributed by atoms with E-state index in [-0.39, 0.29) is 0 Å². The van der Waals surface area contributed by atoms with Crippen LogP contribution in [-0.4, -0.2) is 26.3 Å². The minimum Gasteiger partial charge on any atom is -0.486 e. The van der Waals surface area contributed by atoms with Crippen LogP contribution in [0.25, 0.3) is 0 Å². The first-order valence-corrected chi connectivity index (χ1v) is 8.78. The Morgan fingerprint density at radius 2 is 1.86 bits per heavy atom. The highest BCUT2D eigenvalue weighted by Gasteiger charge is 2.15. The van der Waals surface area contributed by atoms with Crippen molar-refractivity contribution < 1.29 is 9.47 Å². The third kappa shape index (κ3) is 5.19. The van der Waals surface area contributed by atoms with E-state index in [2.05, 4.69) is 41.2 Å². The molecule has 0 aliphatic carbocycles. The zero-order chi connectivity index (χ0) is 15.1. The van der Waals surface area contributed by atoms with Gasteiger partial charge in [0.15, 0.2) is 11.5 Å². The third-order valence-electron chi connectivity index (χ3n) is 3.86. The van der Waals surface area contributed by atoms with Gasteiger partial charge in [0.2, 0.25) is 0 Å². The Balaban J connectivity index is 1.82. The van der Waals surface area contributed by atoms with Crippen molar-refractivity contribution in [3.05, 3.63) is 22.2 Å². The SMILES string of the molecule is CCCNCCC(C)CCc1cc2c(cc1Br)OCCO2. The molecule has 0 bridgehead atoms. The van der Waals surface area contributed by atoms with Gasteiger partial charge < -0.3 is 14.8 Å². The van der Waals surface area contributed by atoms with Crippen molar-refractivity contribution in [2.24, 2.45) is 5.92 Å². The van der Waals surface area contributed by atoms with E-state index in [0.29, 0.717) is 13.2 Å². The van der Waals surface area contributed by atoms with Gasteiger partial charge in [0, 0.05) is 4.47 Å². The number of halogens is 1. The summed E-state index contributed by atoms with van der Waals surface area (Å²) in [5, 5.41) is 3.47. The molecule has 1 N–H and O–H groups in total. The van der Waals surface area contributed by atoms with Gasteiger partial charge in [-0.15, -0.1) is 0 Å². The van der Waals surface area contributed by atoms with E-state index in [1.165, 1.54) is 24.8 Å². The standard InChI is InChI=1S/C17H26BrNO2/c1-3-7-19-8-6-13(2)4-5-14-11-16-17(12-15(14)18)21-10-9-20-16/h11-13,19H,3-10H2,1-2H3. The van der Waals surface area contributed by atoms with Crippen LogP contribution >= 0.6 is 15.9 Å². The number of aryl methyl sites for hydroxylation is 1. The topological polar surface area (TPSA) is 30.5 Å². The number of ether oxygens (including phenoxy) is 2. The molecular weight excluding hydrogens is 330 g/mol. The van der Waals surface area contributed by atoms with Gasteiger partial charge >= 0.3 is 0 Å². The molecule has 0 aromatic heterocycles. The van der Waals surface area contributed by atoms with E-state index in [0.717, 1.165) is 41.4 Å². The predicted octanol–water partition coefficient (Wildman–Crippen LogP) is 4.18. The van der Waals surface area contributed by atoms with Gasteiger partial charge in [-0.25, -0.2) is 0 Å². The molecular formula is C17H26BrNO2. The molecule has 1 unspecified atom stereocenters. The summed E-state index contributed by atoms with van der Waals surface area (Å²) in [4.78, 5) is 0. The minimum atomic E-state index is 0.639. The van der Waals surface area contributed by atoms with Crippen molar-refractivity contribution in [2.75, 3.05) is 26.3 Å². The van der Waals surface area contributed by atoms with E-state index in [1.54, 1.807) is 0 Å². The molecule has 0 fully saturated rings. The molecule has 1 aromatic rings. The maximum Gasteiger partial charge on any atom is 0.162 e. The monoisotopic (exact) mass is 355 g/mol. The lowest BCUT2D eigenvalue weighted by atomic mass is 9.98. The van der Waals surface area contributed by atoms with E-state index in [9.17, 15) is 0 Å². The Morgan fingerprint density at radius 1 is 1.14 bits per heavy atom. The van der Waals surface area contributed by atoms with Crippen LogP contribution < -0.4 is 14.8 Å². The average Bonchev–Trinajstić information content (AvgIpc) is 2.49. The first-order valence-electron chi connectivity index (χ1n) is 7.99. The summed E-state index contributed by atoms with van der Waals surface area (Å²) in [5.41, 5.74) is 1.31. The number of rotatable bonds is 8. The maximum atomic E-state index is 5.66. The number of hydrogen-bond donors (Lipinski definition) is 1. The van der Waals surface area contributed by atoms with Gasteiger partial charge in [0.25, 0.3) is 0 Å². The summed E-state index contributed by atoms with van der Waals surface area (Å²) in [6, 6.07) is 4.16. The molecule has 0 saturated heterocycles. The van der Waals surface area contributed by atoms with Crippen molar-refractivity contribution in [1.82, 2.24) is 5.32 Å². The number of benzene rings is 1. The second kappa shape index (κ2) is 8.64. The quantitative estimate of drug-likeness (QED) is 0.709. The maximum absolute atomic E-state index is 5.66. The Bertz CT molecular complexity index is 451. The number of nitrogens with one attached hydrogen (secondary N) is 1. The van der Waals surface area contributed by atoms with Crippen molar-refractivity contribution >= 4 is 15.9 Å². The normalized spacial score (nSPS) is 15.0. The van der Waals surface area contributed by atoms with Crippen LogP contribution in [0.1, 0.15) is 38.7 Å². The summed E-state index contributed by atoms with van der Waals surface area (Å²) in [6.07, 6.45) is 4.72. The molecule has 1 heterocycles. The minimum absolute atomic E-state index is 0.639. The van der Waals surface area contributed by atoms with Gasteiger partial charge in [0.05, 0.1) is 0 Å². The summed E-state index contributed by atoms with van der Waals surface area (Å²) in [5.74, 6) is 2.47. The predicted molar refractivity (Wildman–Crippen MR) is 90.4 cm³/mol. The van der Waals surface area contributed by atoms with E-state index < -0.39 is 0 Å². The zero-order valence-electron chi connectivity index (χ0n) is 13.1. The molecule has 1 atom stereocenters. The molecule has 0 spiro atoms. The Morgan fingerprint density at radius 3 is 2.57 bits per heavy atom. The molecule has 2 rings (SSSR count). The molecule has 1 aromatic carbocycles. The van der Waals surface area contributed by atoms with Crippen molar-refractivity contribution in [1.29, 1.82) is 0 Å².